The van der Waals surface area contributed by atoms with Gasteiger partial charge in [-0.25, -0.2) is 14.5 Å². The number of aromatic nitrogens is 5. The highest BCUT2D eigenvalue weighted by Crippen LogP contribution is 2.25. The number of aryl methyl sites for hydroxylation is 1. The molecule has 2 heterocycles. The van der Waals surface area contributed by atoms with Gasteiger partial charge in [-0.15, -0.1) is 5.10 Å². The molecule has 40 heavy (non-hydrogen) atoms. The van der Waals surface area contributed by atoms with Gasteiger partial charge in [0.1, 0.15) is 22.9 Å². The fourth-order valence-corrected chi connectivity index (χ4v) is 3.59. The summed E-state index contributed by atoms with van der Waals surface area (Å²) in [5, 5.41) is 18.7. The Labute approximate surface area is 233 Å². The van der Waals surface area contributed by atoms with Gasteiger partial charge in [-0.05, 0) is 91.2 Å². The highest BCUT2D eigenvalue weighted by molar-refractivity contribution is 6.10. The van der Waals surface area contributed by atoms with E-state index in [2.05, 4.69) is 57.0 Å². The Balaban J connectivity index is 1.46. The predicted octanol–water partition coefficient (Wildman–Crippen LogP) is 5.84. The number of oxime groups is 1. The van der Waals surface area contributed by atoms with E-state index in [9.17, 15) is 4.79 Å². The Morgan fingerprint density at radius 2 is 1.68 bits per heavy atom. The summed E-state index contributed by atoms with van der Waals surface area (Å²) >= 11 is 0. The molecule has 0 fully saturated rings. The van der Waals surface area contributed by atoms with Crippen LogP contribution in [-0.4, -0.2) is 42.6 Å². The minimum absolute atomic E-state index is 0.0478. The fraction of sp³-hybridized carbons (Fsp3) is 0.310. The van der Waals surface area contributed by atoms with Crippen molar-refractivity contribution in [2.24, 2.45) is 12.2 Å². The van der Waals surface area contributed by atoms with Crippen LogP contribution in [0.3, 0.4) is 0 Å². The number of pyridine rings is 1. The molecule has 0 saturated carbocycles. The van der Waals surface area contributed by atoms with E-state index < -0.39 is 11.7 Å². The normalized spacial score (nSPS) is 11.8. The molecule has 0 unspecified atom stereocenters. The van der Waals surface area contributed by atoms with E-state index in [0.717, 1.165) is 11.3 Å². The van der Waals surface area contributed by atoms with Crippen LogP contribution < -0.4 is 10.1 Å². The largest absolute Gasteiger partial charge is 0.457 e. The minimum Gasteiger partial charge on any atom is -0.457 e. The first-order valence-corrected chi connectivity index (χ1v) is 12.8. The molecular weight excluding hydrogens is 510 g/mol. The maximum absolute atomic E-state index is 12.1. The van der Waals surface area contributed by atoms with Crippen LogP contribution in [0.5, 0.6) is 11.5 Å². The summed E-state index contributed by atoms with van der Waals surface area (Å²) < 4.78 is 12.8. The second kappa shape index (κ2) is 12.4. The van der Waals surface area contributed by atoms with E-state index in [0.29, 0.717) is 34.7 Å². The lowest BCUT2D eigenvalue weighted by Crippen LogP contribution is -2.27. The molecule has 0 atom stereocenters. The van der Waals surface area contributed by atoms with Gasteiger partial charge in [0.05, 0.1) is 5.69 Å². The van der Waals surface area contributed by atoms with Crippen molar-refractivity contribution >= 4 is 17.6 Å². The molecule has 2 aromatic heterocycles. The Bertz CT molecular complexity index is 1460. The van der Waals surface area contributed by atoms with Gasteiger partial charge in [0.25, 0.3) is 0 Å². The zero-order valence-electron chi connectivity index (χ0n) is 23.5. The first kappa shape index (κ1) is 28.2. The van der Waals surface area contributed by atoms with Crippen LogP contribution in [-0.2, 0) is 23.2 Å². The van der Waals surface area contributed by atoms with Crippen LogP contribution in [0.2, 0.25) is 0 Å². The lowest BCUT2D eigenvalue weighted by atomic mass is 10.0. The number of tetrazole rings is 1. The molecule has 2 aromatic carbocycles. The van der Waals surface area contributed by atoms with E-state index in [1.807, 2.05) is 36.4 Å². The van der Waals surface area contributed by atoms with Gasteiger partial charge >= 0.3 is 6.09 Å². The number of hydrogen-bond acceptors (Lipinski definition) is 9. The number of carbonyl (C=O) groups is 1. The van der Waals surface area contributed by atoms with Gasteiger partial charge in [-0.1, -0.05) is 37.2 Å². The SMILES string of the molecule is CC(C)c1ccc(Oc2ccc(/C(=N/OCc3cccc(NC(=O)OC(C)(C)C)n3)c3nnnn3C)cc2)cc1. The number of nitrogens with one attached hydrogen (secondary N) is 1. The quantitative estimate of drug-likeness (QED) is 0.206. The summed E-state index contributed by atoms with van der Waals surface area (Å²) in [6.45, 7) is 9.73. The maximum atomic E-state index is 12.1. The van der Waals surface area contributed by atoms with Crippen LogP contribution >= 0.6 is 0 Å². The lowest BCUT2D eigenvalue weighted by Gasteiger charge is -2.19. The molecule has 1 amide bonds. The zero-order chi connectivity index (χ0) is 28.7. The molecule has 0 aliphatic rings. The van der Waals surface area contributed by atoms with Gasteiger partial charge < -0.3 is 14.3 Å². The van der Waals surface area contributed by atoms with Crippen LogP contribution in [0, 0.1) is 0 Å². The van der Waals surface area contributed by atoms with Crippen LogP contribution in [0.25, 0.3) is 0 Å². The molecule has 11 nitrogen and oxygen atoms in total. The predicted molar refractivity (Wildman–Crippen MR) is 150 cm³/mol. The summed E-state index contributed by atoms with van der Waals surface area (Å²) in [7, 11) is 1.72. The molecule has 208 valence electrons. The maximum Gasteiger partial charge on any atom is 0.413 e. The molecule has 4 aromatic rings. The monoisotopic (exact) mass is 543 g/mol. The molecule has 0 aliphatic carbocycles. The Morgan fingerprint density at radius 1 is 1.00 bits per heavy atom. The second-order valence-corrected chi connectivity index (χ2v) is 10.3. The lowest BCUT2D eigenvalue weighted by molar-refractivity contribution is 0.0635. The average molecular weight is 544 g/mol. The number of rotatable bonds is 9. The van der Waals surface area contributed by atoms with E-state index in [1.165, 1.54) is 10.2 Å². The van der Waals surface area contributed by atoms with Crippen molar-refractivity contribution in [2.75, 3.05) is 5.32 Å². The third kappa shape index (κ3) is 7.85. The Hall–Kier alpha value is -4.80. The molecule has 0 bridgehead atoms. The topological polar surface area (TPSA) is 126 Å². The van der Waals surface area contributed by atoms with Crippen LogP contribution in [0.15, 0.2) is 71.9 Å². The number of benzene rings is 2. The second-order valence-electron chi connectivity index (χ2n) is 10.3. The van der Waals surface area contributed by atoms with Gasteiger partial charge in [-0.2, -0.15) is 0 Å². The molecule has 11 heteroatoms. The Kier molecular flexibility index (Phi) is 8.73. The van der Waals surface area contributed by atoms with E-state index >= 15 is 0 Å². The van der Waals surface area contributed by atoms with Gasteiger partial charge in [-0.3, -0.25) is 5.32 Å². The summed E-state index contributed by atoms with van der Waals surface area (Å²) in [5.74, 6) is 2.65. The van der Waals surface area contributed by atoms with Crippen LogP contribution in [0.1, 0.15) is 63.2 Å². The summed E-state index contributed by atoms with van der Waals surface area (Å²) in [6, 6.07) is 20.6. The van der Waals surface area contributed by atoms with Crippen molar-refractivity contribution in [3.8, 4) is 11.5 Å². The van der Waals surface area contributed by atoms with E-state index in [1.54, 1.807) is 46.0 Å². The highest BCUT2D eigenvalue weighted by Gasteiger charge is 2.17. The van der Waals surface area contributed by atoms with Crippen molar-refractivity contribution in [3.63, 3.8) is 0 Å². The molecular formula is C29H33N7O4. The van der Waals surface area contributed by atoms with Gasteiger partial charge in [0.15, 0.2) is 12.3 Å². The number of anilines is 1. The first-order chi connectivity index (χ1) is 19.1. The number of carbonyl (C=O) groups excluding carboxylic acids is 1. The molecule has 4 rings (SSSR count). The van der Waals surface area contributed by atoms with Crippen molar-refractivity contribution in [3.05, 3.63) is 89.4 Å². The number of amides is 1. The zero-order valence-corrected chi connectivity index (χ0v) is 23.5. The summed E-state index contributed by atoms with van der Waals surface area (Å²) in [6.07, 6.45) is -0.590. The molecule has 0 aliphatic heterocycles. The van der Waals surface area contributed by atoms with E-state index in [-0.39, 0.29) is 6.61 Å². The fourth-order valence-electron chi connectivity index (χ4n) is 3.59. The van der Waals surface area contributed by atoms with Crippen molar-refractivity contribution < 1.29 is 19.1 Å². The first-order valence-electron chi connectivity index (χ1n) is 12.8. The van der Waals surface area contributed by atoms with Gasteiger partial charge in [0, 0.05) is 12.6 Å². The van der Waals surface area contributed by atoms with Crippen molar-refractivity contribution in [2.45, 2.75) is 52.7 Å². The Morgan fingerprint density at radius 3 is 2.27 bits per heavy atom. The number of nitrogens with zero attached hydrogens (tertiary/aromatic N) is 6. The van der Waals surface area contributed by atoms with Crippen molar-refractivity contribution in [1.29, 1.82) is 0 Å². The third-order valence-corrected chi connectivity index (χ3v) is 5.55. The third-order valence-electron chi connectivity index (χ3n) is 5.55. The number of ether oxygens (including phenoxy) is 2. The highest BCUT2D eigenvalue weighted by atomic mass is 16.6. The molecule has 0 radical (unpaired) electrons. The van der Waals surface area contributed by atoms with E-state index in [4.69, 9.17) is 14.3 Å². The molecule has 0 saturated heterocycles. The number of hydrogen-bond donors (Lipinski definition) is 1. The van der Waals surface area contributed by atoms with Crippen molar-refractivity contribution in [1.82, 2.24) is 25.2 Å². The molecule has 0 spiro atoms. The smallest absolute Gasteiger partial charge is 0.413 e. The minimum atomic E-state index is -0.617. The standard InChI is InChI=1S/C29H33N7O4/c1-19(2)20-10-14-23(15-11-20)39-24-16-12-21(13-17-24)26(27-32-34-35-36(27)6)33-38-18-22-8-7-9-25(30-22)31-28(37)40-29(3,4)5/h7-17,19H,18H2,1-6H3,(H,30,31,37)/b33-26-. The average Bonchev–Trinajstić information content (AvgIpc) is 3.32. The summed E-state index contributed by atoms with van der Waals surface area (Å²) in [4.78, 5) is 22.1. The molecule has 1 N–H and O–H groups in total. The van der Waals surface area contributed by atoms with Gasteiger partial charge in [0.2, 0.25) is 5.82 Å². The van der Waals surface area contributed by atoms with Crippen LogP contribution in [0.4, 0.5) is 10.6 Å². The summed E-state index contributed by atoms with van der Waals surface area (Å²) in [5.41, 5.74) is 2.35.